The van der Waals surface area contributed by atoms with Crippen LogP contribution < -0.4 is 5.32 Å². The molecule has 3 rings (SSSR count). The first-order valence-corrected chi connectivity index (χ1v) is 9.14. The number of benzene rings is 1. The van der Waals surface area contributed by atoms with Gasteiger partial charge in [-0.05, 0) is 51.8 Å². The average molecular weight is 371 g/mol. The van der Waals surface area contributed by atoms with E-state index in [0.717, 1.165) is 33.9 Å². The maximum Gasteiger partial charge on any atom is 0.220 e. The van der Waals surface area contributed by atoms with E-state index in [1.54, 1.807) is 0 Å². The predicted octanol–water partition coefficient (Wildman–Crippen LogP) is 4.12. The van der Waals surface area contributed by atoms with Gasteiger partial charge in [0, 0.05) is 40.5 Å². The van der Waals surface area contributed by atoms with Gasteiger partial charge in [0.25, 0.3) is 0 Å². The van der Waals surface area contributed by atoms with Gasteiger partial charge in [0.2, 0.25) is 5.91 Å². The second-order valence-corrected chi connectivity index (χ2v) is 7.23. The zero-order valence-electron chi connectivity index (χ0n) is 15.5. The van der Waals surface area contributed by atoms with Gasteiger partial charge in [0.1, 0.15) is 0 Å². The van der Waals surface area contributed by atoms with Crippen LogP contribution in [0.1, 0.15) is 37.2 Å². The van der Waals surface area contributed by atoms with E-state index in [1.165, 1.54) is 0 Å². The average Bonchev–Trinajstić information content (AvgIpc) is 2.98. The predicted molar refractivity (Wildman–Crippen MR) is 105 cm³/mol. The molecule has 1 aromatic carbocycles. The van der Waals surface area contributed by atoms with E-state index in [4.69, 9.17) is 16.7 Å². The normalized spacial score (nSPS) is 11.3. The molecular weight excluding hydrogens is 348 g/mol. The number of hydrogen-bond donors (Lipinski definition) is 1. The van der Waals surface area contributed by atoms with E-state index in [0.29, 0.717) is 17.9 Å². The van der Waals surface area contributed by atoms with Crippen molar-refractivity contribution in [2.45, 2.75) is 46.6 Å². The first-order chi connectivity index (χ1) is 12.3. The lowest BCUT2D eigenvalue weighted by Gasteiger charge is -2.12. The second-order valence-electron chi connectivity index (χ2n) is 6.79. The van der Waals surface area contributed by atoms with Crippen LogP contribution in [-0.2, 0) is 11.2 Å². The third kappa shape index (κ3) is 3.88. The summed E-state index contributed by atoms with van der Waals surface area (Å²) in [7, 11) is 0. The van der Waals surface area contributed by atoms with E-state index in [1.807, 2.05) is 62.5 Å². The molecule has 0 unspecified atom stereocenters. The van der Waals surface area contributed by atoms with Crippen LogP contribution in [0.5, 0.6) is 0 Å². The monoisotopic (exact) mass is 370 g/mol. The highest BCUT2D eigenvalue weighted by Gasteiger charge is 2.14. The molecule has 0 radical (unpaired) electrons. The van der Waals surface area contributed by atoms with Crippen LogP contribution in [0, 0.1) is 13.8 Å². The fourth-order valence-electron chi connectivity index (χ4n) is 3.08. The molecule has 0 spiro atoms. The molecule has 0 aliphatic carbocycles. The van der Waals surface area contributed by atoms with E-state index < -0.39 is 0 Å². The Labute approximate surface area is 158 Å². The minimum atomic E-state index is 0.0567. The van der Waals surface area contributed by atoms with Crippen molar-refractivity contribution in [3.63, 3.8) is 0 Å². The van der Waals surface area contributed by atoms with Crippen molar-refractivity contribution >= 4 is 23.2 Å². The standard InChI is InChI=1S/C20H23ClN4O/c1-12(2)22-20(26)10-9-17-13(3)23-19-11-18(24-25(19)14(17)4)15-5-7-16(21)8-6-15/h5-8,11-12H,9-10H2,1-4H3,(H,22,26). The molecule has 0 saturated carbocycles. The molecule has 0 aliphatic heterocycles. The molecule has 0 bridgehead atoms. The van der Waals surface area contributed by atoms with Gasteiger partial charge < -0.3 is 5.32 Å². The number of amides is 1. The number of fused-ring (bicyclic) bond motifs is 1. The molecule has 26 heavy (non-hydrogen) atoms. The highest BCUT2D eigenvalue weighted by atomic mass is 35.5. The molecule has 0 saturated heterocycles. The Kier molecular flexibility index (Phi) is 5.28. The lowest BCUT2D eigenvalue weighted by molar-refractivity contribution is -0.121. The molecule has 0 fully saturated rings. The maximum absolute atomic E-state index is 12.0. The molecule has 136 valence electrons. The summed E-state index contributed by atoms with van der Waals surface area (Å²) in [5.74, 6) is 0.0567. The summed E-state index contributed by atoms with van der Waals surface area (Å²) in [6.45, 7) is 7.93. The summed E-state index contributed by atoms with van der Waals surface area (Å²) in [5, 5.41) is 8.33. The van der Waals surface area contributed by atoms with Crippen LogP contribution in [0.3, 0.4) is 0 Å². The Hall–Kier alpha value is -2.40. The number of carbonyl (C=O) groups excluding carboxylic acids is 1. The Morgan fingerprint density at radius 1 is 1.23 bits per heavy atom. The molecular formula is C20H23ClN4O. The van der Waals surface area contributed by atoms with E-state index in [-0.39, 0.29) is 11.9 Å². The van der Waals surface area contributed by atoms with Gasteiger partial charge in [-0.3, -0.25) is 4.79 Å². The number of hydrogen-bond acceptors (Lipinski definition) is 3. The van der Waals surface area contributed by atoms with Gasteiger partial charge in [-0.1, -0.05) is 23.7 Å². The SMILES string of the molecule is Cc1nc2cc(-c3ccc(Cl)cc3)nn2c(C)c1CCC(=O)NC(C)C. The molecule has 2 heterocycles. The summed E-state index contributed by atoms with van der Waals surface area (Å²) < 4.78 is 1.85. The number of nitrogens with zero attached hydrogens (tertiary/aromatic N) is 3. The molecule has 2 aromatic heterocycles. The zero-order valence-corrected chi connectivity index (χ0v) is 16.3. The van der Waals surface area contributed by atoms with Gasteiger partial charge in [0.15, 0.2) is 5.65 Å². The van der Waals surface area contributed by atoms with Crippen molar-refractivity contribution < 1.29 is 4.79 Å². The maximum atomic E-state index is 12.0. The fraction of sp³-hybridized carbons (Fsp3) is 0.350. The Morgan fingerprint density at radius 3 is 2.58 bits per heavy atom. The van der Waals surface area contributed by atoms with Crippen LogP contribution in [0.15, 0.2) is 30.3 Å². The quantitative estimate of drug-likeness (QED) is 0.734. The van der Waals surface area contributed by atoms with Crippen molar-refractivity contribution in [2.75, 3.05) is 0 Å². The molecule has 0 aliphatic rings. The van der Waals surface area contributed by atoms with Gasteiger partial charge in [-0.15, -0.1) is 0 Å². The summed E-state index contributed by atoms with van der Waals surface area (Å²) in [6.07, 6.45) is 1.09. The lowest BCUT2D eigenvalue weighted by Crippen LogP contribution is -2.30. The van der Waals surface area contributed by atoms with Crippen molar-refractivity contribution in [3.8, 4) is 11.3 Å². The minimum absolute atomic E-state index is 0.0567. The van der Waals surface area contributed by atoms with Crippen molar-refractivity contribution in [1.82, 2.24) is 19.9 Å². The summed E-state index contributed by atoms with van der Waals surface area (Å²) in [6, 6.07) is 9.72. The number of nitrogens with one attached hydrogen (secondary N) is 1. The van der Waals surface area contributed by atoms with E-state index in [2.05, 4.69) is 10.3 Å². The number of aromatic nitrogens is 3. The molecule has 0 atom stereocenters. The van der Waals surface area contributed by atoms with Gasteiger partial charge in [-0.25, -0.2) is 9.50 Å². The third-order valence-corrected chi connectivity index (χ3v) is 4.61. The molecule has 1 amide bonds. The lowest BCUT2D eigenvalue weighted by atomic mass is 10.1. The van der Waals surface area contributed by atoms with E-state index in [9.17, 15) is 4.79 Å². The Morgan fingerprint density at radius 2 is 1.92 bits per heavy atom. The topological polar surface area (TPSA) is 59.3 Å². The number of carbonyl (C=O) groups is 1. The van der Waals surface area contributed by atoms with Crippen LogP contribution in [-0.4, -0.2) is 26.5 Å². The molecule has 1 N–H and O–H groups in total. The van der Waals surface area contributed by atoms with Crippen molar-refractivity contribution in [1.29, 1.82) is 0 Å². The summed E-state index contributed by atoms with van der Waals surface area (Å²) in [4.78, 5) is 16.6. The Balaban J connectivity index is 1.91. The summed E-state index contributed by atoms with van der Waals surface area (Å²) >= 11 is 5.97. The highest BCUT2D eigenvalue weighted by Crippen LogP contribution is 2.24. The third-order valence-electron chi connectivity index (χ3n) is 4.36. The Bertz CT molecular complexity index is 945. The molecule has 3 aromatic rings. The second kappa shape index (κ2) is 7.46. The molecule has 5 nitrogen and oxygen atoms in total. The fourth-order valence-corrected chi connectivity index (χ4v) is 3.21. The first-order valence-electron chi connectivity index (χ1n) is 8.76. The highest BCUT2D eigenvalue weighted by molar-refractivity contribution is 6.30. The van der Waals surface area contributed by atoms with Crippen molar-refractivity contribution in [2.24, 2.45) is 0 Å². The molecule has 6 heteroatoms. The van der Waals surface area contributed by atoms with Crippen LogP contribution in [0.4, 0.5) is 0 Å². The zero-order chi connectivity index (χ0) is 18.8. The van der Waals surface area contributed by atoms with Crippen LogP contribution in [0.25, 0.3) is 16.9 Å². The number of halogens is 1. The first kappa shape index (κ1) is 18.4. The van der Waals surface area contributed by atoms with Gasteiger partial charge >= 0.3 is 0 Å². The number of rotatable bonds is 5. The van der Waals surface area contributed by atoms with Crippen molar-refractivity contribution in [3.05, 3.63) is 52.3 Å². The van der Waals surface area contributed by atoms with Crippen LogP contribution >= 0.6 is 11.6 Å². The minimum Gasteiger partial charge on any atom is -0.354 e. The summed E-state index contributed by atoms with van der Waals surface area (Å²) in [5.41, 5.74) is 5.68. The van der Waals surface area contributed by atoms with Gasteiger partial charge in [-0.2, -0.15) is 5.10 Å². The number of aryl methyl sites for hydroxylation is 2. The smallest absolute Gasteiger partial charge is 0.220 e. The van der Waals surface area contributed by atoms with E-state index >= 15 is 0 Å². The van der Waals surface area contributed by atoms with Crippen LogP contribution in [0.2, 0.25) is 5.02 Å². The van der Waals surface area contributed by atoms with Gasteiger partial charge in [0.05, 0.1) is 5.69 Å². The largest absolute Gasteiger partial charge is 0.354 e.